The van der Waals surface area contributed by atoms with Crippen molar-refractivity contribution in [2.45, 2.75) is 26.4 Å². The molecule has 0 saturated carbocycles. The largest absolute Gasteiger partial charge is 0.304 e. The highest BCUT2D eigenvalue weighted by Crippen LogP contribution is 2.14. The molecule has 1 atom stereocenters. The number of aromatic nitrogens is 3. The van der Waals surface area contributed by atoms with Gasteiger partial charge in [-0.25, -0.2) is 4.98 Å². The summed E-state index contributed by atoms with van der Waals surface area (Å²) in [5.41, 5.74) is 1.20. The monoisotopic (exact) mass is 236 g/mol. The molecule has 2 heterocycles. The molecule has 2 aromatic heterocycles. The normalized spacial score (nSPS) is 12.9. The van der Waals surface area contributed by atoms with E-state index >= 15 is 0 Å². The minimum absolute atomic E-state index is 0.301. The van der Waals surface area contributed by atoms with Gasteiger partial charge < -0.3 is 5.32 Å². The van der Waals surface area contributed by atoms with Gasteiger partial charge in [0, 0.05) is 36.9 Å². The Labute approximate surface area is 99.3 Å². The predicted molar refractivity (Wildman–Crippen MR) is 65.3 cm³/mol. The molecular weight excluding hydrogens is 220 g/mol. The number of nitrogens with one attached hydrogen (secondary N) is 1. The van der Waals surface area contributed by atoms with Crippen molar-refractivity contribution in [3.63, 3.8) is 0 Å². The summed E-state index contributed by atoms with van der Waals surface area (Å²) in [6.07, 6.45) is 3.76. The number of hydrogen-bond donors (Lipinski definition) is 1. The highest BCUT2D eigenvalue weighted by atomic mass is 32.1. The smallest absolute Gasteiger partial charge is 0.0897 e. The Morgan fingerprint density at radius 2 is 2.38 bits per heavy atom. The minimum atomic E-state index is 0.301. The van der Waals surface area contributed by atoms with Crippen molar-refractivity contribution in [2.24, 2.45) is 7.05 Å². The Kier molecular flexibility index (Phi) is 3.36. The molecule has 2 aromatic rings. The van der Waals surface area contributed by atoms with Crippen LogP contribution in [0, 0.1) is 6.92 Å². The first-order valence-corrected chi connectivity index (χ1v) is 6.11. The molecule has 0 fully saturated rings. The van der Waals surface area contributed by atoms with Gasteiger partial charge in [0.15, 0.2) is 0 Å². The summed E-state index contributed by atoms with van der Waals surface area (Å²) < 4.78 is 1.90. The van der Waals surface area contributed by atoms with Crippen molar-refractivity contribution < 1.29 is 0 Å². The van der Waals surface area contributed by atoms with E-state index < -0.39 is 0 Å². The number of thiazole rings is 1. The van der Waals surface area contributed by atoms with E-state index in [1.54, 1.807) is 11.3 Å². The summed E-state index contributed by atoms with van der Waals surface area (Å²) in [6, 6.07) is 2.34. The molecule has 5 heteroatoms. The lowest BCUT2D eigenvalue weighted by atomic mass is 10.2. The van der Waals surface area contributed by atoms with Crippen LogP contribution < -0.4 is 5.32 Å². The fraction of sp³-hybridized carbons (Fsp3) is 0.455. The van der Waals surface area contributed by atoms with Crippen LogP contribution in [0.25, 0.3) is 0 Å². The van der Waals surface area contributed by atoms with Crippen LogP contribution in [0.2, 0.25) is 0 Å². The molecule has 4 nitrogen and oxygen atoms in total. The highest BCUT2D eigenvalue weighted by molar-refractivity contribution is 7.11. The van der Waals surface area contributed by atoms with Crippen LogP contribution in [0.4, 0.5) is 0 Å². The third kappa shape index (κ3) is 2.48. The first-order chi connectivity index (χ1) is 7.66. The average molecular weight is 236 g/mol. The first kappa shape index (κ1) is 11.3. The van der Waals surface area contributed by atoms with Gasteiger partial charge in [0.2, 0.25) is 0 Å². The summed E-state index contributed by atoms with van der Waals surface area (Å²) in [7, 11) is 1.96. The number of rotatable bonds is 4. The van der Waals surface area contributed by atoms with E-state index in [0.29, 0.717) is 6.04 Å². The molecule has 1 N–H and O–H groups in total. The second-order valence-corrected chi connectivity index (χ2v) is 5.15. The van der Waals surface area contributed by atoms with Gasteiger partial charge in [-0.05, 0) is 19.9 Å². The fourth-order valence-corrected chi connectivity index (χ4v) is 2.40. The summed E-state index contributed by atoms with van der Waals surface area (Å²) >= 11 is 1.74. The van der Waals surface area contributed by atoms with E-state index in [9.17, 15) is 0 Å². The van der Waals surface area contributed by atoms with Crippen molar-refractivity contribution in [3.8, 4) is 0 Å². The number of nitrogens with zero attached hydrogens (tertiary/aromatic N) is 3. The molecule has 0 aliphatic carbocycles. The lowest BCUT2D eigenvalue weighted by Gasteiger charge is -2.13. The van der Waals surface area contributed by atoms with Gasteiger partial charge in [-0.3, -0.25) is 4.68 Å². The van der Waals surface area contributed by atoms with Gasteiger partial charge >= 0.3 is 0 Å². The lowest BCUT2D eigenvalue weighted by molar-refractivity contribution is 0.532. The molecule has 16 heavy (non-hydrogen) atoms. The van der Waals surface area contributed by atoms with Crippen molar-refractivity contribution in [1.29, 1.82) is 0 Å². The van der Waals surface area contributed by atoms with E-state index in [-0.39, 0.29) is 0 Å². The van der Waals surface area contributed by atoms with Crippen molar-refractivity contribution in [3.05, 3.63) is 34.0 Å². The molecule has 0 spiro atoms. The zero-order chi connectivity index (χ0) is 11.5. The maximum atomic E-state index is 4.24. The van der Waals surface area contributed by atoms with Gasteiger partial charge in [-0.1, -0.05) is 0 Å². The van der Waals surface area contributed by atoms with Crippen LogP contribution >= 0.6 is 11.3 Å². The van der Waals surface area contributed by atoms with Crippen LogP contribution in [0.3, 0.4) is 0 Å². The Morgan fingerprint density at radius 1 is 1.56 bits per heavy atom. The molecule has 0 amide bonds. The zero-order valence-electron chi connectivity index (χ0n) is 9.77. The summed E-state index contributed by atoms with van der Waals surface area (Å²) in [6.45, 7) is 5.03. The minimum Gasteiger partial charge on any atom is -0.304 e. The van der Waals surface area contributed by atoms with Gasteiger partial charge in [0.25, 0.3) is 0 Å². The Bertz CT molecular complexity index is 460. The van der Waals surface area contributed by atoms with Crippen LogP contribution in [-0.4, -0.2) is 14.8 Å². The highest BCUT2D eigenvalue weighted by Gasteiger charge is 2.09. The van der Waals surface area contributed by atoms with E-state index in [1.165, 1.54) is 10.6 Å². The number of aryl methyl sites for hydroxylation is 2. The average Bonchev–Trinajstić information content (AvgIpc) is 2.84. The predicted octanol–water partition coefficient (Wildman–Crippen LogP) is 2.04. The standard InChI is InChI=1S/C11H16N4S/c1-8(11-4-5-14-15(11)3)12-6-10-7-13-9(2)16-10/h4-5,7-8,12H,6H2,1-3H3. The third-order valence-corrected chi connectivity index (χ3v) is 3.47. The molecule has 0 aliphatic rings. The molecule has 86 valence electrons. The summed E-state index contributed by atoms with van der Waals surface area (Å²) in [5, 5.41) is 8.74. The topological polar surface area (TPSA) is 42.7 Å². The van der Waals surface area contributed by atoms with E-state index in [1.807, 2.05) is 37.1 Å². The molecule has 0 radical (unpaired) electrons. The van der Waals surface area contributed by atoms with Gasteiger partial charge in [-0.15, -0.1) is 11.3 Å². The molecule has 1 unspecified atom stereocenters. The van der Waals surface area contributed by atoms with E-state index in [0.717, 1.165) is 11.6 Å². The molecule has 0 aromatic carbocycles. The second kappa shape index (κ2) is 4.76. The molecule has 0 saturated heterocycles. The van der Waals surface area contributed by atoms with E-state index in [2.05, 4.69) is 22.3 Å². The zero-order valence-corrected chi connectivity index (χ0v) is 10.6. The molecule has 0 bridgehead atoms. The van der Waals surface area contributed by atoms with Gasteiger partial charge in [-0.2, -0.15) is 5.10 Å². The Balaban J connectivity index is 1.93. The third-order valence-electron chi connectivity index (χ3n) is 2.55. The van der Waals surface area contributed by atoms with Crippen LogP contribution in [-0.2, 0) is 13.6 Å². The Hall–Kier alpha value is -1.20. The number of hydrogen-bond acceptors (Lipinski definition) is 4. The maximum absolute atomic E-state index is 4.24. The van der Waals surface area contributed by atoms with Crippen LogP contribution in [0.5, 0.6) is 0 Å². The first-order valence-electron chi connectivity index (χ1n) is 5.29. The quantitative estimate of drug-likeness (QED) is 0.883. The maximum Gasteiger partial charge on any atom is 0.0897 e. The summed E-state index contributed by atoms with van der Waals surface area (Å²) in [4.78, 5) is 5.51. The molecule has 0 aliphatic heterocycles. The Morgan fingerprint density at radius 3 is 2.94 bits per heavy atom. The van der Waals surface area contributed by atoms with E-state index in [4.69, 9.17) is 0 Å². The second-order valence-electron chi connectivity index (χ2n) is 3.83. The summed E-state index contributed by atoms with van der Waals surface area (Å²) in [5.74, 6) is 0. The molecule has 2 rings (SSSR count). The van der Waals surface area contributed by atoms with Crippen molar-refractivity contribution in [1.82, 2.24) is 20.1 Å². The SMILES string of the molecule is Cc1ncc(CNC(C)c2ccnn2C)s1. The van der Waals surface area contributed by atoms with Gasteiger partial charge in [0.1, 0.15) is 0 Å². The van der Waals surface area contributed by atoms with Crippen LogP contribution in [0.15, 0.2) is 18.5 Å². The van der Waals surface area contributed by atoms with Gasteiger partial charge in [0.05, 0.1) is 10.7 Å². The fourth-order valence-electron chi connectivity index (χ4n) is 1.65. The van der Waals surface area contributed by atoms with Crippen molar-refractivity contribution in [2.75, 3.05) is 0 Å². The van der Waals surface area contributed by atoms with Crippen LogP contribution in [0.1, 0.15) is 28.5 Å². The lowest BCUT2D eigenvalue weighted by Crippen LogP contribution is -2.20. The van der Waals surface area contributed by atoms with Crippen molar-refractivity contribution >= 4 is 11.3 Å². The molecular formula is C11H16N4S.